The molecule has 2 rings (SSSR count). The number of pyridine rings is 1. The van der Waals surface area contributed by atoms with Gasteiger partial charge in [0.2, 0.25) is 5.91 Å². The minimum Gasteiger partial charge on any atom is -0.366 e. The van der Waals surface area contributed by atoms with Gasteiger partial charge in [-0.2, -0.15) is 0 Å². The molecule has 1 aromatic carbocycles. The molecule has 0 unspecified atom stereocenters. The van der Waals surface area contributed by atoms with E-state index in [4.69, 9.17) is 17.3 Å². The number of hydrogen-bond acceptors (Lipinski definition) is 2. The number of aromatic nitrogens is 1. The predicted molar refractivity (Wildman–Crippen MR) is 63.2 cm³/mol. The molecule has 4 heteroatoms. The van der Waals surface area contributed by atoms with Crippen LogP contribution >= 0.6 is 11.6 Å². The number of halogens is 1. The maximum atomic E-state index is 11.0. The fourth-order valence-corrected chi connectivity index (χ4v) is 1.49. The Bertz CT molecular complexity index is 523. The molecule has 1 aromatic heterocycles. The quantitative estimate of drug-likeness (QED) is 0.865. The standard InChI is InChI=1S/C12H9ClN2O/c13-10-4-5-11(15-7-10)8-2-1-3-9(6-8)12(14)16/h1-7H,(H2,14,16). The first-order valence-electron chi connectivity index (χ1n) is 4.68. The summed E-state index contributed by atoms with van der Waals surface area (Å²) in [5, 5.41) is 0.579. The van der Waals surface area contributed by atoms with Crippen LogP contribution in [0.1, 0.15) is 10.4 Å². The summed E-state index contributed by atoms with van der Waals surface area (Å²) in [6.07, 6.45) is 1.56. The van der Waals surface area contributed by atoms with E-state index in [2.05, 4.69) is 4.98 Å². The Hall–Kier alpha value is -1.87. The highest BCUT2D eigenvalue weighted by Gasteiger charge is 2.03. The van der Waals surface area contributed by atoms with Crippen LogP contribution in [0.3, 0.4) is 0 Å². The topological polar surface area (TPSA) is 56.0 Å². The van der Waals surface area contributed by atoms with Crippen molar-refractivity contribution in [2.24, 2.45) is 5.73 Å². The Morgan fingerprint density at radius 1 is 1.25 bits per heavy atom. The molecule has 16 heavy (non-hydrogen) atoms. The van der Waals surface area contributed by atoms with Crippen molar-refractivity contribution in [3.63, 3.8) is 0 Å². The van der Waals surface area contributed by atoms with E-state index in [0.717, 1.165) is 11.3 Å². The maximum Gasteiger partial charge on any atom is 0.248 e. The summed E-state index contributed by atoms with van der Waals surface area (Å²) >= 11 is 5.74. The molecule has 2 N–H and O–H groups in total. The molecule has 0 spiro atoms. The third-order valence-electron chi connectivity index (χ3n) is 2.17. The van der Waals surface area contributed by atoms with Crippen LogP contribution in [0.25, 0.3) is 11.3 Å². The zero-order chi connectivity index (χ0) is 11.5. The molecule has 3 nitrogen and oxygen atoms in total. The molecule has 0 bridgehead atoms. The number of amides is 1. The first-order chi connectivity index (χ1) is 7.66. The van der Waals surface area contributed by atoms with Crippen LogP contribution in [0.5, 0.6) is 0 Å². The molecule has 1 amide bonds. The zero-order valence-electron chi connectivity index (χ0n) is 8.35. The minimum absolute atomic E-state index is 0.448. The van der Waals surface area contributed by atoms with E-state index in [-0.39, 0.29) is 0 Å². The van der Waals surface area contributed by atoms with Gasteiger partial charge in [0, 0.05) is 17.3 Å². The number of carbonyl (C=O) groups excluding carboxylic acids is 1. The zero-order valence-corrected chi connectivity index (χ0v) is 9.11. The lowest BCUT2D eigenvalue weighted by Crippen LogP contribution is -2.10. The van der Waals surface area contributed by atoms with Crippen LogP contribution < -0.4 is 5.73 Å². The van der Waals surface area contributed by atoms with Gasteiger partial charge < -0.3 is 5.73 Å². The molecule has 80 valence electrons. The van der Waals surface area contributed by atoms with Crippen LogP contribution in [0.4, 0.5) is 0 Å². The third kappa shape index (κ3) is 2.20. The van der Waals surface area contributed by atoms with Gasteiger partial charge in [-0.3, -0.25) is 9.78 Å². The van der Waals surface area contributed by atoms with Crippen molar-refractivity contribution in [3.8, 4) is 11.3 Å². The summed E-state index contributed by atoms with van der Waals surface area (Å²) in [5.74, 6) is -0.448. The lowest BCUT2D eigenvalue weighted by molar-refractivity contribution is 0.100. The second-order valence-electron chi connectivity index (χ2n) is 3.31. The van der Waals surface area contributed by atoms with Gasteiger partial charge in [-0.25, -0.2) is 0 Å². The fourth-order valence-electron chi connectivity index (χ4n) is 1.38. The van der Waals surface area contributed by atoms with Crippen molar-refractivity contribution in [1.29, 1.82) is 0 Å². The fraction of sp³-hybridized carbons (Fsp3) is 0. The minimum atomic E-state index is -0.448. The average Bonchev–Trinajstić information content (AvgIpc) is 2.30. The molecular formula is C12H9ClN2O. The summed E-state index contributed by atoms with van der Waals surface area (Å²) < 4.78 is 0. The maximum absolute atomic E-state index is 11.0. The molecule has 0 atom stereocenters. The summed E-state index contributed by atoms with van der Waals surface area (Å²) in [7, 11) is 0. The van der Waals surface area contributed by atoms with Crippen LogP contribution in [0, 0.1) is 0 Å². The van der Waals surface area contributed by atoms with E-state index in [1.165, 1.54) is 0 Å². The Kier molecular flexibility index (Phi) is 2.88. The Morgan fingerprint density at radius 3 is 2.69 bits per heavy atom. The van der Waals surface area contributed by atoms with Crippen molar-refractivity contribution >= 4 is 17.5 Å². The van der Waals surface area contributed by atoms with Gasteiger partial charge in [0.25, 0.3) is 0 Å². The number of carbonyl (C=O) groups is 1. The first-order valence-corrected chi connectivity index (χ1v) is 5.06. The van der Waals surface area contributed by atoms with Crippen LogP contribution in [0.15, 0.2) is 42.6 Å². The Balaban J connectivity index is 2.44. The largest absolute Gasteiger partial charge is 0.366 e. The van der Waals surface area contributed by atoms with E-state index < -0.39 is 5.91 Å². The van der Waals surface area contributed by atoms with E-state index in [9.17, 15) is 4.79 Å². The second kappa shape index (κ2) is 4.33. The predicted octanol–water partition coefficient (Wildman–Crippen LogP) is 2.50. The van der Waals surface area contributed by atoms with Gasteiger partial charge in [0.15, 0.2) is 0 Å². The summed E-state index contributed by atoms with van der Waals surface area (Å²) in [4.78, 5) is 15.2. The van der Waals surface area contributed by atoms with Crippen LogP contribution in [0.2, 0.25) is 5.02 Å². The molecule has 1 heterocycles. The number of nitrogens with zero attached hydrogens (tertiary/aromatic N) is 1. The highest BCUT2D eigenvalue weighted by Crippen LogP contribution is 2.19. The lowest BCUT2D eigenvalue weighted by atomic mass is 10.1. The number of rotatable bonds is 2. The van der Waals surface area contributed by atoms with E-state index in [1.807, 2.05) is 6.07 Å². The van der Waals surface area contributed by atoms with E-state index in [1.54, 1.807) is 36.5 Å². The van der Waals surface area contributed by atoms with Crippen molar-refractivity contribution in [2.45, 2.75) is 0 Å². The molecule has 2 aromatic rings. The van der Waals surface area contributed by atoms with Crippen molar-refractivity contribution in [1.82, 2.24) is 4.98 Å². The van der Waals surface area contributed by atoms with Gasteiger partial charge in [-0.1, -0.05) is 23.7 Å². The summed E-state index contributed by atoms with van der Waals surface area (Å²) in [6, 6.07) is 10.6. The van der Waals surface area contributed by atoms with Crippen molar-refractivity contribution < 1.29 is 4.79 Å². The molecule has 0 saturated carbocycles. The molecule has 0 aliphatic rings. The smallest absolute Gasteiger partial charge is 0.248 e. The number of nitrogens with two attached hydrogens (primary N) is 1. The Morgan fingerprint density at radius 2 is 2.06 bits per heavy atom. The van der Waals surface area contributed by atoms with Gasteiger partial charge >= 0.3 is 0 Å². The summed E-state index contributed by atoms with van der Waals surface area (Å²) in [6.45, 7) is 0. The highest BCUT2D eigenvalue weighted by molar-refractivity contribution is 6.30. The van der Waals surface area contributed by atoms with Crippen molar-refractivity contribution in [2.75, 3.05) is 0 Å². The normalized spacial score (nSPS) is 10.1. The molecule has 0 aliphatic heterocycles. The average molecular weight is 233 g/mol. The number of hydrogen-bond donors (Lipinski definition) is 1. The monoisotopic (exact) mass is 232 g/mol. The van der Waals surface area contributed by atoms with Gasteiger partial charge in [0.1, 0.15) is 0 Å². The molecule has 0 radical (unpaired) electrons. The number of benzene rings is 1. The van der Waals surface area contributed by atoms with Crippen LogP contribution in [-0.2, 0) is 0 Å². The first kappa shape index (κ1) is 10.6. The van der Waals surface area contributed by atoms with Crippen LogP contribution in [-0.4, -0.2) is 10.9 Å². The van der Waals surface area contributed by atoms with E-state index in [0.29, 0.717) is 10.6 Å². The Labute approximate surface area is 97.9 Å². The third-order valence-corrected chi connectivity index (χ3v) is 2.39. The lowest BCUT2D eigenvalue weighted by Gasteiger charge is -2.02. The summed E-state index contributed by atoms with van der Waals surface area (Å²) in [5.41, 5.74) is 7.27. The molecular weight excluding hydrogens is 224 g/mol. The van der Waals surface area contributed by atoms with Gasteiger partial charge in [-0.05, 0) is 24.3 Å². The van der Waals surface area contributed by atoms with Crippen molar-refractivity contribution in [3.05, 3.63) is 53.2 Å². The molecule has 0 saturated heterocycles. The molecule has 0 fully saturated rings. The van der Waals surface area contributed by atoms with E-state index >= 15 is 0 Å². The number of primary amides is 1. The molecule has 0 aliphatic carbocycles. The van der Waals surface area contributed by atoms with Gasteiger partial charge in [0.05, 0.1) is 10.7 Å². The highest BCUT2D eigenvalue weighted by atomic mass is 35.5. The second-order valence-corrected chi connectivity index (χ2v) is 3.74. The van der Waals surface area contributed by atoms with Gasteiger partial charge in [-0.15, -0.1) is 0 Å². The SMILES string of the molecule is NC(=O)c1cccc(-c2ccc(Cl)cn2)c1.